The van der Waals surface area contributed by atoms with Gasteiger partial charge < -0.3 is 14.7 Å². The summed E-state index contributed by atoms with van der Waals surface area (Å²) in [6, 6.07) is 17.2. The fraction of sp³-hybridized carbons (Fsp3) is 0.238. The smallest absolute Gasteiger partial charge is 0.255 e. The second-order valence-electron chi connectivity index (χ2n) is 6.28. The number of hydrogen-bond acceptors (Lipinski definition) is 4. The van der Waals surface area contributed by atoms with E-state index in [0.717, 1.165) is 22.0 Å². The molecule has 134 valence electrons. The molecule has 0 bridgehead atoms. The minimum absolute atomic E-state index is 0.0815. The van der Waals surface area contributed by atoms with Crippen LogP contribution in [0.15, 0.2) is 60.8 Å². The summed E-state index contributed by atoms with van der Waals surface area (Å²) in [5, 5.41) is 11.2. The number of aliphatic hydroxyl groups excluding tert-OH is 1. The molecule has 3 rings (SSSR count). The van der Waals surface area contributed by atoms with Crippen molar-refractivity contribution in [3.05, 3.63) is 71.9 Å². The maximum absolute atomic E-state index is 12.5. The van der Waals surface area contributed by atoms with Gasteiger partial charge in [0, 0.05) is 25.2 Å². The summed E-state index contributed by atoms with van der Waals surface area (Å²) < 4.78 is 5.58. The van der Waals surface area contributed by atoms with Crippen molar-refractivity contribution in [1.82, 2.24) is 9.88 Å². The van der Waals surface area contributed by atoms with Gasteiger partial charge >= 0.3 is 0 Å². The minimum Gasteiger partial charge on any atom is -0.490 e. The Kier molecular flexibility index (Phi) is 5.49. The lowest BCUT2D eigenvalue weighted by Gasteiger charge is -2.21. The van der Waals surface area contributed by atoms with E-state index in [-0.39, 0.29) is 12.5 Å². The van der Waals surface area contributed by atoms with Crippen LogP contribution in [-0.4, -0.2) is 40.7 Å². The minimum atomic E-state index is -1.22. The first-order valence-corrected chi connectivity index (χ1v) is 8.50. The molecule has 1 atom stereocenters. The maximum atomic E-state index is 12.5. The van der Waals surface area contributed by atoms with Crippen LogP contribution in [0.5, 0.6) is 5.75 Å². The van der Waals surface area contributed by atoms with Crippen molar-refractivity contribution in [2.75, 3.05) is 13.7 Å². The summed E-state index contributed by atoms with van der Waals surface area (Å²) in [7, 11) is 1.67. The largest absolute Gasteiger partial charge is 0.490 e. The normalized spacial score (nSPS) is 12.0. The lowest BCUT2D eigenvalue weighted by molar-refractivity contribution is -0.140. The van der Waals surface area contributed by atoms with Crippen LogP contribution < -0.4 is 4.74 Å². The molecule has 5 nitrogen and oxygen atoms in total. The topological polar surface area (TPSA) is 62.7 Å². The zero-order chi connectivity index (χ0) is 18.5. The lowest BCUT2D eigenvalue weighted by atomic mass is 10.1. The van der Waals surface area contributed by atoms with Crippen LogP contribution >= 0.6 is 0 Å². The number of pyridine rings is 1. The Balaban J connectivity index is 1.64. The number of rotatable bonds is 6. The molecule has 0 unspecified atom stereocenters. The van der Waals surface area contributed by atoms with Crippen molar-refractivity contribution in [3.63, 3.8) is 0 Å². The van der Waals surface area contributed by atoms with Crippen LogP contribution in [-0.2, 0) is 11.3 Å². The quantitative estimate of drug-likeness (QED) is 0.742. The van der Waals surface area contributed by atoms with Gasteiger partial charge in [0.2, 0.25) is 0 Å². The zero-order valence-electron chi connectivity index (χ0n) is 14.9. The Morgan fingerprint density at radius 3 is 2.73 bits per heavy atom. The summed E-state index contributed by atoms with van der Waals surface area (Å²) in [6.07, 6.45) is 0.515. The Morgan fingerprint density at radius 2 is 1.92 bits per heavy atom. The van der Waals surface area contributed by atoms with Crippen molar-refractivity contribution in [1.29, 1.82) is 0 Å². The van der Waals surface area contributed by atoms with Gasteiger partial charge in [-0.15, -0.1) is 0 Å². The highest BCUT2D eigenvalue weighted by Gasteiger charge is 2.21. The van der Waals surface area contributed by atoms with Gasteiger partial charge in [0.15, 0.2) is 6.10 Å². The molecule has 1 aromatic heterocycles. The van der Waals surface area contributed by atoms with Gasteiger partial charge in [-0.05, 0) is 30.2 Å². The maximum Gasteiger partial charge on any atom is 0.255 e. The van der Waals surface area contributed by atoms with Crippen molar-refractivity contribution in [2.45, 2.75) is 19.6 Å². The monoisotopic (exact) mass is 350 g/mol. The number of benzene rings is 2. The molecule has 0 fully saturated rings. The predicted molar refractivity (Wildman–Crippen MR) is 101 cm³/mol. The number of nitrogens with zero attached hydrogens (tertiary/aromatic N) is 2. The molecule has 0 radical (unpaired) electrons. The number of amides is 1. The van der Waals surface area contributed by atoms with E-state index in [4.69, 9.17) is 4.74 Å². The van der Waals surface area contributed by atoms with Crippen molar-refractivity contribution < 1.29 is 14.6 Å². The summed E-state index contributed by atoms with van der Waals surface area (Å²) >= 11 is 0. The third-order valence-electron chi connectivity index (χ3n) is 4.28. The molecule has 0 aliphatic rings. The summed E-state index contributed by atoms with van der Waals surface area (Å²) in [5.41, 5.74) is 2.76. The fourth-order valence-electron chi connectivity index (χ4n) is 2.84. The van der Waals surface area contributed by atoms with Gasteiger partial charge in [0.05, 0.1) is 5.52 Å². The third-order valence-corrected chi connectivity index (χ3v) is 4.28. The molecule has 0 saturated carbocycles. The summed E-state index contributed by atoms with van der Waals surface area (Å²) in [6.45, 7) is 2.21. The lowest BCUT2D eigenvalue weighted by Crippen LogP contribution is -2.39. The highest BCUT2D eigenvalue weighted by molar-refractivity contribution is 5.83. The van der Waals surface area contributed by atoms with E-state index in [1.165, 1.54) is 4.90 Å². The number of para-hydroxylation sites is 2. The van der Waals surface area contributed by atoms with E-state index >= 15 is 0 Å². The number of aliphatic hydroxyl groups is 1. The number of aryl methyl sites for hydroxylation is 1. The van der Waals surface area contributed by atoms with E-state index in [1.807, 2.05) is 61.5 Å². The fourth-order valence-corrected chi connectivity index (χ4v) is 2.84. The van der Waals surface area contributed by atoms with Gasteiger partial charge in [-0.1, -0.05) is 42.5 Å². The average Bonchev–Trinajstić information content (AvgIpc) is 2.66. The summed E-state index contributed by atoms with van der Waals surface area (Å²) in [4.78, 5) is 18.4. The molecule has 26 heavy (non-hydrogen) atoms. The van der Waals surface area contributed by atoms with E-state index in [2.05, 4.69) is 4.98 Å². The van der Waals surface area contributed by atoms with Crippen molar-refractivity contribution >= 4 is 16.8 Å². The van der Waals surface area contributed by atoms with Gasteiger partial charge in [-0.3, -0.25) is 9.78 Å². The van der Waals surface area contributed by atoms with Crippen LogP contribution in [0.1, 0.15) is 11.1 Å². The number of likely N-dealkylation sites (N-methyl/N-ethyl adjacent to an activating group) is 1. The number of carbonyl (C=O) groups excluding carboxylic acids is 1. The van der Waals surface area contributed by atoms with E-state index in [1.54, 1.807) is 13.2 Å². The van der Waals surface area contributed by atoms with Crippen molar-refractivity contribution in [3.8, 4) is 5.75 Å². The Morgan fingerprint density at radius 1 is 1.15 bits per heavy atom. The first-order valence-electron chi connectivity index (χ1n) is 8.50. The number of carbonyl (C=O) groups is 1. The van der Waals surface area contributed by atoms with Gasteiger partial charge in [-0.2, -0.15) is 0 Å². The van der Waals surface area contributed by atoms with E-state index in [0.29, 0.717) is 12.3 Å². The van der Waals surface area contributed by atoms with Crippen molar-refractivity contribution in [2.24, 2.45) is 0 Å². The molecule has 2 aromatic carbocycles. The van der Waals surface area contributed by atoms with Crippen LogP contribution in [0.25, 0.3) is 10.9 Å². The second kappa shape index (κ2) is 7.97. The molecule has 0 aliphatic carbocycles. The van der Waals surface area contributed by atoms with Crippen LogP contribution in [0, 0.1) is 6.92 Å². The standard InChI is InChI=1S/C21H22N2O3/c1-15-7-3-4-11-19(15)26-14-18(24)21(25)23(2)13-17-9-5-8-16-10-6-12-22-20(16)17/h3-12,18,24H,13-14H2,1-2H3/t18-/m0/s1. The van der Waals surface area contributed by atoms with Crippen LogP contribution in [0.3, 0.4) is 0 Å². The molecule has 1 heterocycles. The molecule has 3 aromatic rings. The molecular weight excluding hydrogens is 328 g/mol. The highest BCUT2D eigenvalue weighted by atomic mass is 16.5. The molecule has 5 heteroatoms. The van der Waals surface area contributed by atoms with Gasteiger partial charge in [0.1, 0.15) is 12.4 Å². The van der Waals surface area contributed by atoms with Crippen LogP contribution in [0.2, 0.25) is 0 Å². The molecule has 0 saturated heterocycles. The average molecular weight is 350 g/mol. The van der Waals surface area contributed by atoms with Gasteiger partial charge in [0.25, 0.3) is 5.91 Å². The predicted octanol–water partition coefficient (Wildman–Crippen LogP) is 2.94. The summed E-state index contributed by atoms with van der Waals surface area (Å²) in [5.74, 6) is 0.284. The Labute approximate surface area is 152 Å². The molecular formula is C21H22N2O3. The number of fused-ring (bicyclic) bond motifs is 1. The molecule has 1 N–H and O–H groups in total. The van der Waals surface area contributed by atoms with E-state index < -0.39 is 6.10 Å². The number of ether oxygens (including phenoxy) is 1. The molecule has 0 aliphatic heterocycles. The first-order chi connectivity index (χ1) is 12.6. The molecule has 0 spiro atoms. The van der Waals surface area contributed by atoms with E-state index in [9.17, 15) is 9.90 Å². The molecule has 1 amide bonds. The Bertz CT molecular complexity index is 905. The first kappa shape index (κ1) is 17.9. The SMILES string of the molecule is Cc1ccccc1OC[C@H](O)C(=O)N(C)Cc1cccc2cccnc12. The van der Waals surface area contributed by atoms with Crippen LogP contribution in [0.4, 0.5) is 0 Å². The highest BCUT2D eigenvalue weighted by Crippen LogP contribution is 2.18. The third kappa shape index (κ3) is 4.00. The zero-order valence-corrected chi connectivity index (χ0v) is 14.9. The number of aromatic nitrogens is 1. The second-order valence-corrected chi connectivity index (χ2v) is 6.28. The van der Waals surface area contributed by atoms with Gasteiger partial charge in [-0.25, -0.2) is 0 Å². The number of hydrogen-bond donors (Lipinski definition) is 1. The Hall–Kier alpha value is -2.92.